The molecule has 0 heterocycles. The predicted octanol–water partition coefficient (Wildman–Crippen LogP) is 23.6. The molecule has 0 aromatic carbocycles. The number of hydrogen-bond acceptors (Lipinski definition) is 6. The molecule has 0 saturated heterocycles. The zero-order chi connectivity index (χ0) is 58.5. The normalized spacial score (nSPS) is 12.9. The Morgan fingerprint density at radius 1 is 0.259 bits per heavy atom. The molecule has 0 saturated carbocycles. The van der Waals surface area contributed by atoms with E-state index in [0.29, 0.717) is 19.3 Å². The highest BCUT2D eigenvalue weighted by Crippen LogP contribution is 2.17. The lowest BCUT2D eigenvalue weighted by Crippen LogP contribution is -2.30. The van der Waals surface area contributed by atoms with E-state index in [-0.39, 0.29) is 31.1 Å². The van der Waals surface area contributed by atoms with Gasteiger partial charge in [-0.25, -0.2) is 0 Å². The molecule has 0 spiro atoms. The molecule has 0 aliphatic heterocycles. The molecule has 1 atom stereocenters. The number of carbonyl (C=O) groups is 3. The SMILES string of the molecule is CC/C=C\C/C=C\C/C=C\C/C=C\C/C=C\C/C=C\C/C=C\CCCCCC(=O)OCC(COC(=O)CCCCC/C=C\C/C=C\C/C=C\CC)OC(=O)CCCCCCCCCCCCCCCCCCCCCCCCCCC. The lowest BCUT2D eigenvalue weighted by Gasteiger charge is -2.18. The molecule has 0 aliphatic rings. The molecule has 1 unspecified atom stereocenters. The number of rotatable bonds is 61. The van der Waals surface area contributed by atoms with Gasteiger partial charge in [0.15, 0.2) is 6.10 Å². The molecule has 6 heteroatoms. The van der Waals surface area contributed by atoms with E-state index in [4.69, 9.17) is 14.2 Å². The van der Waals surface area contributed by atoms with Crippen molar-refractivity contribution in [2.75, 3.05) is 13.2 Å². The molecule has 0 N–H and O–H groups in total. The number of carbonyl (C=O) groups excluding carboxylic acids is 3. The van der Waals surface area contributed by atoms with Gasteiger partial charge in [0.1, 0.15) is 13.2 Å². The average molecular weight is 1120 g/mol. The quantitative estimate of drug-likeness (QED) is 0.0261. The highest BCUT2D eigenvalue weighted by atomic mass is 16.6. The van der Waals surface area contributed by atoms with Crippen LogP contribution in [0.3, 0.4) is 0 Å². The first-order chi connectivity index (χ1) is 40.0. The van der Waals surface area contributed by atoms with Gasteiger partial charge < -0.3 is 14.2 Å². The van der Waals surface area contributed by atoms with E-state index >= 15 is 0 Å². The van der Waals surface area contributed by atoms with Crippen molar-refractivity contribution >= 4 is 17.9 Å². The van der Waals surface area contributed by atoms with Crippen LogP contribution in [0.1, 0.15) is 316 Å². The van der Waals surface area contributed by atoms with Crippen molar-refractivity contribution in [3.05, 3.63) is 122 Å². The van der Waals surface area contributed by atoms with Crippen LogP contribution in [-0.2, 0) is 28.6 Å². The van der Waals surface area contributed by atoms with E-state index in [1.165, 1.54) is 141 Å². The van der Waals surface area contributed by atoms with Gasteiger partial charge in [-0.1, -0.05) is 309 Å². The molecule has 0 aromatic heterocycles. The summed E-state index contributed by atoms with van der Waals surface area (Å²) in [6.45, 7) is 6.39. The summed E-state index contributed by atoms with van der Waals surface area (Å²) in [5, 5.41) is 0. The van der Waals surface area contributed by atoms with Gasteiger partial charge in [-0.2, -0.15) is 0 Å². The number of esters is 3. The van der Waals surface area contributed by atoms with E-state index in [2.05, 4.69) is 142 Å². The van der Waals surface area contributed by atoms with Crippen LogP contribution in [-0.4, -0.2) is 37.2 Å². The summed E-state index contributed by atoms with van der Waals surface area (Å²) in [5.74, 6) is -0.955. The van der Waals surface area contributed by atoms with E-state index in [0.717, 1.165) is 135 Å². The first-order valence-corrected chi connectivity index (χ1v) is 34.0. The van der Waals surface area contributed by atoms with Crippen LogP contribution in [0, 0.1) is 0 Å². The summed E-state index contributed by atoms with van der Waals surface area (Å²) in [7, 11) is 0. The minimum absolute atomic E-state index is 0.104. The van der Waals surface area contributed by atoms with E-state index < -0.39 is 6.10 Å². The highest BCUT2D eigenvalue weighted by molar-refractivity contribution is 5.71. The molecular formula is C75H126O6. The lowest BCUT2D eigenvalue weighted by atomic mass is 10.0. The maximum absolute atomic E-state index is 12.9. The van der Waals surface area contributed by atoms with Crippen LogP contribution < -0.4 is 0 Å². The van der Waals surface area contributed by atoms with E-state index in [1.807, 2.05) is 0 Å². The molecular weight excluding hydrogens is 997 g/mol. The minimum atomic E-state index is -0.808. The van der Waals surface area contributed by atoms with Crippen LogP contribution in [0.15, 0.2) is 122 Å². The fraction of sp³-hybridized carbons (Fsp3) is 0.693. The third-order valence-corrected chi connectivity index (χ3v) is 14.5. The van der Waals surface area contributed by atoms with Gasteiger partial charge in [-0.05, 0) is 109 Å². The summed E-state index contributed by atoms with van der Waals surface area (Å²) in [5.41, 5.74) is 0. The topological polar surface area (TPSA) is 78.9 Å². The van der Waals surface area contributed by atoms with Gasteiger partial charge in [0.25, 0.3) is 0 Å². The Labute approximate surface area is 501 Å². The predicted molar refractivity (Wildman–Crippen MR) is 353 cm³/mol. The Morgan fingerprint density at radius 3 is 0.753 bits per heavy atom. The Morgan fingerprint density at radius 2 is 0.481 bits per heavy atom. The summed E-state index contributed by atoms with van der Waals surface area (Å²) in [6, 6.07) is 0. The van der Waals surface area contributed by atoms with Gasteiger partial charge in [0.05, 0.1) is 0 Å². The molecule has 0 radical (unpaired) electrons. The monoisotopic (exact) mass is 1120 g/mol. The molecule has 0 amide bonds. The number of allylic oxidation sites excluding steroid dienone is 20. The van der Waals surface area contributed by atoms with Gasteiger partial charge in [0, 0.05) is 19.3 Å². The standard InChI is InChI=1S/C75H126O6/c1-4-7-10-13-16-19-22-25-27-29-31-33-35-37-39-41-43-45-47-50-53-56-59-62-65-68-74(77)80-71-72(70-79-73(76)67-64-61-58-55-52-49-24-21-18-15-12-9-6-3)81-75(78)69-66-63-60-57-54-51-48-46-44-42-40-38-36-34-32-30-28-26-23-20-17-14-11-8-5-2/h7,9-10,12,16,18-19,21,25,27,31,33,37,39,43,45,49-50,52-53,72H,4-6,8,11,13-15,17,20,22-24,26,28-30,32,34-36,38,40-42,44,46-48,51,54-71H2,1-3H3/b10-7-,12-9-,19-16-,21-18-,27-25-,33-31-,39-37-,45-43-,52-49-,53-50-. The van der Waals surface area contributed by atoms with E-state index in [1.54, 1.807) is 0 Å². The van der Waals surface area contributed by atoms with Crippen molar-refractivity contribution in [2.45, 2.75) is 322 Å². The fourth-order valence-electron chi connectivity index (χ4n) is 9.44. The molecule has 462 valence electrons. The maximum Gasteiger partial charge on any atom is 0.306 e. The number of unbranched alkanes of at least 4 members (excludes halogenated alkanes) is 30. The molecule has 81 heavy (non-hydrogen) atoms. The summed E-state index contributed by atoms with van der Waals surface area (Å²) in [4.78, 5) is 38.4. The van der Waals surface area contributed by atoms with Gasteiger partial charge in [0.2, 0.25) is 0 Å². The first kappa shape index (κ1) is 76.8. The van der Waals surface area contributed by atoms with Crippen molar-refractivity contribution in [1.29, 1.82) is 0 Å². The Hall–Kier alpha value is -4.19. The zero-order valence-corrected chi connectivity index (χ0v) is 53.0. The maximum atomic E-state index is 12.9. The van der Waals surface area contributed by atoms with Crippen LogP contribution in [0.25, 0.3) is 0 Å². The smallest absolute Gasteiger partial charge is 0.306 e. The van der Waals surface area contributed by atoms with Crippen molar-refractivity contribution in [3.63, 3.8) is 0 Å². The summed E-state index contributed by atoms with van der Waals surface area (Å²) in [6.07, 6.45) is 95.1. The number of ether oxygens (including phenoxy) is 3. The van der Waals surface area contributed by atoms with Crippen molar-refractivity contribution in [3.8, 4) is 0 Å². The van der Waals surface area contributed by atoms with Gasteiger partial charge in [-0.3, -0.25) is 14.4 Å². The van der Waals surface area contributed by atoms with Crippen LogP contribution in [0.4, 0.5) is 0 Å². The third-order valence-electron chi connectivity index (χ3n) is 14.5. The minimum Gasteiger partial charge on any atom is -0.462 e. The van der Waals surface area contributed by atoms with Gasteiger partial charge >= 0.3 is 17.9 Å². The fourth-order valence-corrected chi connectivity index (χ4v) is 9.44. The second-order valence-corrected chi connectivity index (χ2v) is 22.3. The summed E-state index contributed by atoms with van der Waals surface area (Å²) < 4.78 is 16.9. The molecule has 0 aliphatic carbocycles. The Bertz CT molecular complexity index is 1670. The first-order valence-electron chi connectivity index (χ1n) is 34.0. The highest BCUT2D eigenvalue weighted by Gasteiger charge is 2.19. The molecule has 0 rings (SSSR count). The van der Waals surface area contributed by atoms with Gasteiger partial charge in [-0.15, -0.1) is 0 Å². The second-order valence-electron chi connectivity index (χ2n) is 22.3. The molecule has 0 fully saturated rings. The van der Waals surface area contributed by atoms with Crippen LogP contribution >= 0.6 is 0 Å². The second kappa shape index (κ2) is 68.3. The van der Waals surface area contributed by atoms with Crippen LogP contribution in [0.2, 0.25) is 0 Å². The van der Waals surface area contributed by atoms with Crippen molar-refractivity contribution in [2.24, 2.45) is 0 Å². The summed E-state index contributed by atoms with van der Waals surface area (Å²) >= 11 is 0. The largest absolute Gasteiger partial charge is 0.462 e. The molecule has 0 aromatic rings. The average Bonchev–Trinajstić information content (AvgIpc) is 3.46. The molecule has 0 bridgehead atoms. The zero-order valence-electron chi connectivity index (χ0n) is 53.0. The molecule has 6 nitrogen and oxygen atoms in total. The van der Waals surface area contributed by atoms with Crippen molar-refractivity contribution in [1.82, 2.24) is 0 Å². The van der Waals surface area contributed by atoms with E-state index in [9.17, 15) is 14.4 Å². The van der Waals surface area contributed by atoms with Crippen LogP contribution in [0.5, 0.6) is 0 Å². The van der Waals surface area contributed by atoms with Crippen molar-refractivity contribution < 1.29 is 28.6 Å². The number of hydrogen-bond donors (Lipinski definition) is 0. The third kappa shape index (κ3) is 66.5. The lowest BCUT2D eigenvalue weighted by molar-refractivity contribution is -0.167. The Kier molecular flexibility index (Phi) is 64.8. The Balaban J connectivity index is 4.37.